The van der Waals surface area contributed by atoms with Crippen LogP contribution in [0.1, 0.15) is 16.1 Å². The Morgan fingerprint density at radius 3 is 2.50 bits per heavy atom. The third-order valence-corrected chi connectivity index (χ3v) is 4.30. The van der Waals surface area contributed by atoms with Crippen molar-refractivity contribution in [3.8, 4) is 0 Å². The second-order valence-electron chi connectivity index (χ2n) is 6.10. The van der Waals surface area contributed by atoms with Crippen LogP contribution in [-0.2, 0) is 11.3 Å². The molecule has 1 aliphatic rings. The monoisotopic (exact) mass is 357 g/mol. The number of carbonyl (C=O) groups excluding carboxylic acids is 2. The van der Waals surface area contributed by atoms with Crippen LogP contribution >= 0.6 is 0 Å². The van der Waals surface area contributed by atoms with Crippen LogP contribution in [-0.4, -0.2) is 61.1 Å². The third-order valence-electron chi connectivity index (χ3n) is 4.30. The molecular formula is C19H23N3O4. The SMILES string of the molecule is O=C(NCCN1CCN(C(=O)c2ccco2)CC1)OCc1ccccc1. The number of hydrogen-bond acceptors (Lipinski definition) is 5. The van der Waals surface area contributed by atoms with Gasteiger partial charge in [0.25, 0.3) is 5.91 Å². The van der Waals surface area contributed by atoms with Gasteiger partial charge >= 0.3 is 6.09 Å². The lowest BCUT2D eigenvalue weighted by Crippen LogP contribution is -2.50. The smallest absolute Gasteiger partial charge is 0.407 e. The quantitative estimate of drug-likeness (QED) is 0.855. The van der Waals surface area contributed by atoms with Gasteiger partial charge in [0, 0.05) is 39.3 Å². The first-order valence-corrected chi connectivity index (χ1v) is 8.72. The zero-order valence-corrected chi connectivity index (χ0v) is 14.6. The number of amides is 2. The molecule has 2 heterocycles. The normalized spacial score (nSPS) is 14.8. The van der Waals surface area contributed by atoms with Crippen molar-refractivity contribution in [3.63, 3.8) is 0 Å². The Morgan fingerprint density at radius 2 is 1.81 bits per heavy atom. The molecule has 2 amide bonds. The van der Waals surface area contributed by atoms with Gasteiger partial charge in [-0.1, -0.05) is 30.3 Å². The number of furan rings is 1. The van der Waals surface area contributed by atoms with E-state index in [0.717, 1.165) is 25.2 Å². The lowest BCUT2D eigenvalue weighted by Gasteiger charge is -2.34. The van der Waals surface area contributed by atoms with Crippen molar-refractivity contribution >= 4 is 12.0 Å². The molecule has 2 aromatic rings. The van der Waals surface area contributed by atoms with Gasteiger partial charge in [0.15, 0.2) is 5.76 Å². The fourth-order valence-corrected chi connectivity index (χ4v) is 2.82. The van der Waals surface area contributed by atoms with Crippen molar-refractivity contribution in [2.24, 2.45) is 0 Å². The number of ether oxygens (including phenoxy) is 1. The van der Waals surface area contributed by atoms with Crippen LogP contribution in [0.3, 0.4) is 0 Å². The van der Waals surface area contributed by atoms with E-state index >= 15 is 0 Å². The topological polar surface area (TPSA) is 75.0 Å². The molecule has 0 aliphatic carbocycles. The summed E-state index contributed by atoms with van der Waals surface area (Å²) in [5, 5.41) is 2.76. The van der Waals surface area contributed by atoms with Crippen LogP contribution in [0.5, 0.6) is 0 Å². The zero-order chi connectivity index (χ0) is 18.2. The van der Waals surface area contributed by atoms with E-state index in [1.807, 2.05) is 30.3 Å². The molecule has 1 aromatic carbocycles. The van der Waals surface area contributed by atoms with Gasteiger partial charge in [-0.2, -0.15) is 0 Å². The summed E-state index contributed by atoms with van der Waals surface area (Å²) in [5.74, 6) is 0.304. The Hall–Kier alpha value is -2.80. The third kappa shape index (κ3) is 5.10. The largest absolute Gasteiger partial charge is 0.459 e. The van der Waals surface area contributed by atoms with Gasteiger partial charge in [-0.15, -0.1) is 0 Å². The summed E-state index contributed by atoms with van der Waals surface area (Å²) >= 11 is 0. The van der Waals surface area contributed by atoms with E-state index in [9.17, 15) is 9.59 Å². The second kappa shape index (κ2) is 9.05. The van der Waals surface area contributed by atoms with Gasteiger partial charge in [0.05, 0.1) is 6.26 Å². The van der Waals surface area contributed by atoms with Crippen LogP contribution < -0.4 is 5.32 Å². The van der Waals surface area contributed by atoms with E-state index < -0.39 is 6.09 Å². The standard InChI is InChI=1S/C19H23N3O4/c23-18(17-7-4-14-25-17)22-12-10-21(11-13-22)9-8-20-19(24)26-15-16-5-2-1-3-6-16/h1-7,14H,8-13,15H2,(H,20,24). The highest BCUT2D eigenvalue weighted by Gasteiger charge is 2.23. The van der Waals surface area contributed by atoms with Crippen LogP contribution in [0.15, 0.2) is 53.1 Å². The molecule has 0 radical (unpaired) electrons. The molecule has 3 rings (SSSR count). The van der Waals surface area contributed by atoms with Gasteiger partial charge in [0.2, 0.25) is 0 Å². The van der Waals surface area contributed by atoms with Gasteiger partial charge in [-0.25, -0.2) is 4.79 Å². The summed E-state index contributed by atoms with van der Waals surface area (Å²) in [6.07, 6.45) is 1.09. The Bertz CT molecular complexity index is 695. The van der Waals surface area contributed by atoms with E-state index in [-0.39, 0.29) is 12.5 Å². The Kier molecular flexibility index (Phi) is 6.27. The number of rotatable bonds is 6. The zero-order valence-electron chi connectivity index (χ0n) is 14.6. The summed E-state index contributed by atoms with van der Waals surface area (Å²) in [4.78, 5) is 27.9. The van der Waals surface area contributed by atoms with Crippen LogP contribution in [0.2, 0.25) is 0 Å². The fourth-order valence-electron chi connectivity index (χ4n) is 2.82. The summed E-state index contributed by atoms with van der Waals surface area (Å²) < 4.78 is 10.3. The lowest BCUT2D eigenvalue weighted by atomic mass is 10.2. The van der Waals surface area contributed by atoms with Crippen LogP contribution in [0.4, 0.5) is 4.79 Å². The molecule has 26 heavy (non-hydrogen) atoms. The molecule has 1 aliphatic heterocycles. The molecule has 1 aromatic heterocycles. The van der Waals surface area contributed by atoms with Gasteiger partial charge in [-0.05, 0) is 17.7 Å². The summed E-state index contributed by atoms with van der Waals surface area (Å²) in [6.45, 7) is 4.35. The predicted molar refractivity (Wildman–Crippen MR) is 95.7 cm³/mol. The van der Waals surface area contributed by atoms with Crippen molar-refractivity contribution in [2.75, 3.05) is 39.3 Å². The number of benzene rings is 1. The first-order valence-electron chi connectivity index (χ1n) is 8.72. The minimum atomic E-state index is -0.416. The number of piperazine rings is 1. The number of nitrogens with one attached hydrogen (secondary N) is 1. The lowest BCUT2D eigenvalue weighted by molar-refractivity contribution is 0.0607. The molecule has 0 spiro atoms. The highest BCUT2D eigenvalue weighted by molar-refractivity contribution is 5.91. The van der Waals surface area contributed by atoms with Crippen molar-refractivity contribution < 1.29 is 18.7 Å². The van der Waals surface area contributed by atoms with Crippen LogP contribution in [0.25, 0.3) is 0 Å². The summed E-state index contributed by atoms with van der Waals surface area (Å²) in [5.41, 5.74) is 0.958. The molecule has 7 nitrogen and oxygen atoms in total. The average Bonchev–Trinajstić information content (AvgIpc) is 3.22. The Balaban J connectivity index is 1.30. The van der Waals surface area contributed by atoms with E-state index in [1.54, 1.807) is 17.0 Å². The molecule has 0 bridgehead atoms. The highest BCUT2D eigenvalue weighted by atomic mass is 16.5. The van der Waals surface area contributed by atoms with Gasteiger partial charge in [-0.3, -0.25) is 9.69 Å². The maximum absolute atomic E-state index is 12.2. The predicted octanol–water partition coefficient (Wildman–Crippen LogP) is 1.96. The van der Waals surface area contributed by atoms with E-state index in [4.69, 9.17) is 9.15 Å². The maximum atomic E-state index is 12.2. The first-order chi connectivity index (χ1) is 12.7. The number of hydrogen-bond donors (Lipinski definition) is 1. The molecule has 0 saturated carbocycles. The molecule has 1 fully saturated rings. The van der Waals surface area contributed by atoms with Crippen molar-refractivity contribution in [2.45, 2.75) is 6.61 Å². The van der Waals surface area contributed by atoms with Crippen LogP contribution in [0, 0.1) is 0 Å². The van der Waals surface area contributed by atoms with Crippen molar-refractivity contribution in [1.82, 2.24) is 15.1 Å². The number of alkyl carbamates (subject to hydrolysis) is 1. The Labute approximate surface area is 152 Å². The minimum absolute atomic E-state index is 0.0720. The molecule has 1 saturated heterocycles. The summed E-state index contributed by atoms with van der Waals surface area (Å²) in [6, 6.07) is 13.0. The maximum Gasteiger partial charge on any atom is 0.407 e. The molecular weight excluding hydrogens is 334 g/mol. The molecule has 1 N–H and O–H groups in total. The van der Waals surface area contributed by atoms with Crippen molar-refractivity contribution in [3.05, 3.63) is 60.1 Å². The molecule has 138 valence electrons. The molecule has 0 atom stereocenters. The fraction of sp³-hybridized carbons (Fsp3) is 0.368. The second-order valence-corrected chi connectivity index (χ2v) is 6.10. The Morgan fingerprint density at radius 1 is 1.04 bits per heavy atom. The number of carbonyl (C=O) groups is 2. The van der Waals surface area contributed by atoms with Crippen molar-refractivity contribution in [1.29, 1.82) is 0 Å². The summed E-state index contributed by atoms with van der Waals surface area (Å²) in [7, 11) is 0. The van der Waals surface area contributed by atoms with Gasteiger partial charge < -0.3 is 19.4 Å². The van der Waals surface area contributed by atoms with E-state index in [0.29, 0.717) is 25.4 Å². The average molecular weight is 357 g/mol. The van der Waals surface area contributed by atoms with Gasteiger partial charge in [0.1, 0.15) is 6.61 Å². The van der Waals surface area contributed by atoms with E-state index in [2.05, 4.69) is 10.2 Å². The highest BCUT2D eigenvalue weighted by Crippen LogP contribution is 2.09. The number of nitrogens with zero attached hydrogens (tertiary/aromatic N) is 2. The van der Waals surface area contributed by atoms with E-state index in [1.165, 1.54) is 6.26 Å². The minimum Gasteiger partial charge on any atom is -0.459 e. The first kappa shape index (κ1) is 18.0. The molecule has 7 heteroatoms. The molecule has 0 unspecified atom stereocenters.